The second kappa shape index (κ2) is 11.3. The molecule has 0 aromatic heterocycles. The van der Waals surface area contributed by atoms with Crippen molar-refractivity contribution in [3.63, 3.8) is 0 Å². The first kappa shape index (κ1) is 27.2. The number of halogens is 1. The van der Waals surface area contributed by atoms with Gasteiger partial charge in [-0.05, 0) is 72.3 Å². The van der Waals surface area contributed by atoms with Gasteiger partial charge in [-0.25, -0.2) is 0 Å². The number of nitrogens with zero attached hydrogens (tertiary/aromatic N) is 2. The maximum Gasteiger partial charge on any atom is 0.339 e. The average molecular weight is 575 g/mol. The van der Waals surface area contributed by atoms with Gasteiger partial charge in [0.2, 0.25) is 0 Å². The van der Waals surface area contributed by atoms with E-state index in [0.29, 0.717) is 16.1 Å². The molecule has 38 heavy (non-hydrogen) atoms. The van der Waals surface area contributed by atoms with E-state index in [1.54, 1.807) is 6.92 Å². The van der Waals surface area contributed by atoms with Crippen LogP contribution in [0, 0.1) is 10.1 Å². The third kappa shape index (κ3) is 6.15. The van der Waals surface area contributed by atoms with E-state index in [1.807, 2.05) is 0 Å². The highest BCUT2D eigenvalue weighted by atomic mass is 35.5. The molecule has 0 atom stereocenters. The van der Waals surface area contributed by atoms with Crippen LogP contribution in [0.1, 0.15) is 18.1 Å². The smallest absolute Gasteiger partial charge is 0.339 e. The van der Waals surface area contributed by atoms with Gasteiger partial charge in [0.1, 0.15) is 4.90 Å². The molecule has 10 nitrogen and oxygen atoms in total. The number of non-ortho nitro benzene ring substituents is 1. The highest BCUT2D eigenvalue weighted by molar-refractivity contribution is 8.18. The van der Waals surface area contributed by atoms with Crippen LogP contribution in [0.3, 0.4) is 0 Å². The Hall–Kier alpha value is -3.87. The number of thioether (sulfide) groups is 1. The van der Waals surface area contributed by atoms with Crippen molar-refractivity contribution in [2.24, 2.45) is 0 Å². The Morgan fingerprint density at radius 3 is 2.34 bits per heavy atom. The first-order chi connectivity index (χ1) is 18.1. The number of rotatable bonds is 9. The molecule has 0 saturated carbocycles. The second-order valence-corrected chi connectivity index (χ2v) is 10.8. The molecule has 2 amide bonds. The van der Waals surface area contributed by atoms with Gasteiger partial charge in [-0.1, -0.05) is 29.8 Å². The summed E-state index contributed by atoms with van der Waals surface area (Å²) in [6.45, 7) is 1.89. The molecular weight excluding hydrogens is 556 g/mol. The predicted octanol–water partition coefficient (Wildman–Crippen LogP) is 5.65. The maximum absolute atomic E-state index is 12.9. The number of amides is 2. The number of hydrogen-bond donors (Lipinski definition) is 0. The van der Waals surface area contributed by atoms with Crippen LogP contribution in [0.15, 0.2) is 76.5 Å². The lowest BCUT2D eigenvalue weighted by Gasteiger charge is -2.13. The standard InChI is InChI=1S/C25H19ClN2O8S2/c1-2-35-22-13-17(5-12-21(22)36-38(33,34)20-10-6-18(26)7-11-20)14-23-24(29)27(25(30)37-23)15-16-3-8-19(9-4-16)28(31)32/h3-14H,2,15H2,1H3/b23-14-. The van der Waals surface area contributed by atoms with E-state index in [4.69, 9.17) is 20.5 Å². The zero-order valence-electron chi connectivity index (χ0n) is 19.7. The summed E-state index contributed by atoms with van der Waals surface area (Å²) < 4.78 is 36.2. The molecule has 1 aliphatic rings. The lowest BCUT2D eigenvalue weighted by atomic mass is 10.1. The summed E-state index contributed by atoms with van der Waals surface area (Å²) >= 11 is 6.57. The zero-order valence-corrected chi connectivity index (χ0v) is 22.1. The van der Waals surface area contributed by atoms with Gasteiger partial charge in [0, 0.05) is 17.2 Å². The van der Waals surface area contributed by atoms with Crippen molar-refractivity contribution < 1.29 is 31.9 Å². The van der Waals surface area contributed by atoms with Gasteiger partial charge >= 0.3 is 10.1 Å². The summed E-state index contributed by atoms with van der Waals surface area (Å²) in [5, 5.41) is 10.7. The van der Waals surface area contributed by atoms with Gasteiger partial charge in [-0.2, -0.15) is 8.42 Å². The third-order valence-corrected chi connectivity index (χ3v) is 7.64. The molecule has 0 bridgehead atoms. The molecule has 1 heterocycles. The molecule has 4 rings (SSSR count). The summed E-state index contributed by atoms with van der Waals surface area (Å²) in [7, 11) is -4.17. The Kier molecular flexibility index (Phi) is 8.05. The molecule has 0 radical (unpaired) electrons. The molecule has 0 aliphatic carbocycles. The van der Waals surface area contributed by atoms with E-state index >= 15 is 0 Å². The van der Waals surface area contributed by atoms with Crippen molar-refractivity contribution >= 4 is 56.4 Å². The predicted molar refractivity (Wildman–Crippen MR) is 141 cm³/mol. The SMILES string of the molecule is CCOc1cc(/C=C2\SC(=O)N(Cc3ccc([N+](=O)[O-])cc3)C2=O)ccc1OS(=O)(=O)c1ccc(Cl)cc1. The minimum absolute atomic E-state index is 0.0421. The van der Waals surface area contributed by atoms with Gasteiger partial charge in [-0.15, -0.1) is 0 Å². The van der Waals surface area contributed by atoms with E-state index in [2.05, 4.69) is 0 Å². The summed E-state index contributed by atoms with van der Waals surface area (Å²) in [6.07, 6.45) is 1.49. The quantitative estimate of drug-likeness (QED) is 0.137. The Morgan fingerprint density at radius 1 is 1.03 bits per heavy atom. The van der Waals surface area contributed by atoms with Gasteiger partial charge in [0.15, 0.2) is 11.5 Å². The van der Waals surface area contributed by atoms with Gasteiger partial charge in [0.05, 0.1) is 23.0 Å². The molecule has 13 heteroatoms. The Labute approximate surface area is 227 Å². The van der Waals surface area contributed by atoms with Crippen LogP contribution in [0.5, 0.6) is 11.5 Å². The first-order valence-electron chi connectivity index (χ1n) is 11.0. The van der Waals surface area contributed by atoms with Crippen molar-refractivity contribution in [3.05, 3.63) is 97.9 Å². The fourth-order valence-electron chi connectivity index (χ4n) is 3.41. The molecule has 3 aromatic carbocycles. The van der Waals surface area contributed by atoms with E-state index < -0.39 is 26.2 Å². The highest BCUT2D eigenvalue weighted by Crippen LogP contribution is 2.36. The Morgan fingerprint density at radius 2 is 1.71 bits per heavy atom. The lowest BCUT2D eigenvalue weighted by Crippen LogP contribution is -2.27. The van der Waals surface area contributed by atoms with Gasteiger partial charge in [-0.3, -0.25) is 24.6 Å². The third-order valence-electron chi connectivity index (χ3n) is 5.23. The fourth-order valence-corrected chi connectivity index (χ4v) is 5.32. The highest BCUT2D eigenvalue weighted by Gasteiger charge is 2.35. The van der Waals surface area contributed by atoms with Crippen LogP contribution in [-0.4, -0.2) is 36.0 Å². The Bertz CT molecular complexity index is 1540. The molecule has 3 aromatic rings. The minimum atomic E-state index is -4.17. The molecule has 0 unspecified atom stereocenters. The molecule has 0 N–H and O–H groups in total. The van der Waals surface area contributed by atoms with Crippen molar-refractivity contribution in [1.29, 1.82) is 0 Å². The van der Waals surface area contributed by atoms with Crippen molar-refractivity contribution in [2.75, 3.05) is 6.61 Å². The number of benzene rings is 3. The van der Waals surface area contributed by atoms with E-state index in [1.165, 1.54) is 72.8 Å². The van der Waals surface area contributed by atoms with Crippen LogP contribution >= 0.6 is 23.4 Å². The normalized spacial score (nSPS) is 14.7. The van der Waals surface area contributed by atoms with Crippen LogP contribution in [0.2, 0.25) is 5.02 Å². The van der Waals surface area contributed by atoms with E-state index in [-0.39, 0.29) is 40.1 Å². The van der Waals surface area contributed by atoms with Gasteiger partial charge in [0.25, 0.3) is 16.8 Å². The molecule has 1 saturated heterocycles. The van der Waals surface area contributed by atoms with E-state index in [0.717, 1.165) is 16.7 Å². The first-order valence-corrected chi connectivity index (χ1v) is 13.6. The Balaban J connectivity index is 1.54. The number of ether oxygens (including phenoxy) is 1. The van der Waals surface area contributed by atoms with Crippen LogP contribution in [-0.2, 0) is 21.5 Å². The fraction of sp³-hybridized carbons (Fsp3) is 0.120. The zero-order chi connectivity index (χ0) is 27.4. The lowest BCUT2D eigenvalue weighted by molar-refractivity contribution is -0.384. The van der Waals surface area contributed by atoms with Crippen LogP contribution < -0.4 is 8.92 Å². The van der Waals surface area contributed by atoms with Gasteiger partial charge < -0.3 is 8.92 Å². The topological polar surface area (TPSA) is 133 Å². The molecule has 196 valence electrons. The number of imide groups is 1. The van der Waals surface area contributed by atoms with Crippen LogP contribution in [0.25, 0.3) is 6.08 Å². The summed E-state index contributed by atoms with van der Waals surface area (Å²) in [4.78, 5) is 36.8. The largest absolute Gasteiger partial charge is 0.490 e. The number of hydrogen-bond acceptors (Lipinski definition) is 9. The minimum Gasteiger partial charge on any atom is -0.490 e. The van der Waals surface area contributed by atoms with Crippen LogP contribution in [0.4, 0.5) is 10.5 Å². The molecule has 1 fully saturated rings. The maximum atomic E-state index is 12.9. The molecule has 1 aliphatic heterocycles. The number of carbonyl (C=O) groups is 2. The monoisotopic (exact) mass is 574 g/mol. The number of nitro groups is 1. The van der Waals surface area contributed by atoms with Crippen molar-refractivity contribution in [1.82, 2.24) is 4.90 Å². The second-order valence-electron chi connectivity index (χ2n) is 7.82. The van der Waals surface area contributed by atoms with Crippen molar-refractivity contribution in [3.8, 4) is 11.5 Å². The van der Waals surface area contributed by atoms with Crippen molar-refractivity contribution in [2.45, 2.75) is 18.4 Å². The summed E-state index contributed by atoms with van der Waals surface area (Å²) in [6, 6.07) is 15.5. The summed E-state index contributed by atoms with van der Waals surface area (Å²) in [5.74, 6) is -0.448. The number of carbonyl (C=O) groups excluding carboxylic acids is 2. The van der Waals surface area contributed by atoms with E-state index in [9.17, 15) is 28.1 Å². The molecule has 0 spiro atoms. The summed E-state index contributed by atoms with van der Waals surface area (Å²) in [5.41, 5.74) is 0.938. The average Bonchev–Trinajstić information content (AvgIpc) is 3.13. The molecular formula is C25H19ClN2O8S2. The number of nitro benzene ring substituents is 1.